The van der Waals surface area contributed by atoms with Gasteiger partial charge in [-0.25, -0.2) is 4.98 Å². The highest BCUT2D eigenvalue weighted by Crippen LogP contribution is 2.23. The van der Waals surface area contributed by atoms with Crippen molar-refractivity contribution in [3.05, 3.63) is 35.5 Å². The highest BCUT2D eigenvalue weighted by molar-refractivity contribution is 5.93. The molecular formula is C22H29N5O3. The topological polar surface area (TPSA) is 92.0 Å². The van der Waals surface area contributed by atoms with Crippen LogP contribution in [0.2, 0.25) is 0 Å². The zero-order chi connectivity index (χ0) is 20.9. The number of carbonyl (C=O) groups excluding carboxylic acids is 1. The lowest BCUT2D eigenvalue weighted by atomic mass is 10.1. The molecule has 0 bridgehead atoms. The van der Waals surface area contributed by atoms with Gasteiger partial charge < -0.3 is 19.7 Å². The van der Waals surface area contributed by atoms with Crippen molar-refractivity contribution in [2.75, 3.05) is 44.7 Å². The van der Waals surface area contributed by atoms with Crippen LogP contribution in [0.4, 0.5) is 5.95 Å². The van der Waals surface area contributed by atoms with Crippen molar-refractivity contribution in [2.45, 2.75) is 32.4 Å². The van der Waals surface area contributed by atoms with Gasteiger partial charge >= 0.3 is 0 Å². The highest BCUT2D eigenvalue weighted by atomic mass is 16.5. The number of allylic oxidation sites excluding steroid dienone is 1. The molecule has 0 aliphatic carbocycles. The van der Waals surface area contributed by atoms with Crippen LogP contribution in [-0.4, -0.2) is 77.1 Å². The summed E-state index contributed by atoms with van der Waals surface area (Å²) in [6.07, 6.45) is 3.74. The number of nitrogens with zero attached hydrogens (tertiary/aromatic N) is 4. The minimum atomic E-state index is -0.602. The average Bonchev–Trinajstić information content (AvgIpc) is 3.11. The maximum absolute atomic E-state index is 11.3. The minimum Gasteiger partial charge on any atom is -0.387 e. The fraction of sp³-hybridized carbons (Fsp3) is 0.500. The predicted octanol–water partition coefficient (Wildman–Crippen LogP) is 2.09. The van der Waals surface area contributed by atoms with Crippen molar-refractivity contribution in [3.63, 3.8) is 0 Å². The van der Waals surface area contributed by atoms with Gasteiger partial charge in [-0.2, -0.15) is 0 Å². The largest absolute Gasteiger partial charge is 0.387 e. The molecule has 4 rings (SSSR count). The van der Waals surface area contributed by atoms with Gasteiger partial charge in [0.25, 0.3) is 0 Å². The molecule has 8 heteroatoms. The number of aliphatic imine (C=N–C) groups is 1. The Labute approximate surface area is 176 Å². The first kappa shape index (κ1) is 20.7. The molecule has 1 saturated heterocycles. The smallest absolute Gasteiger partial charge is 0.204 e. The Kier molecular flexibility index (Phi) is 6.56. The zero-order valence-corrected chi connectivity index (χ0v) is 17.4. The molecule has 3 heterocycles. The van der Waals surface area contributed by atoms with E-state index in [0.717, 1.165) is 74.8 Å². The van der Waals surface area contributed by atoms with Crippen molar-refractivity contribution >= 4 is 29.0 Å². The molecule has 160 valence electrons. The first-order chi connectivity index (χ1) is 14.6. The van der Waals surface area contributed by atoms with Crippen LogP contribution in [0.15, 0.2) is 35.0 Å². The second kappa shape index (κ2) is 9.51. The summed E-state index contributed by atoms with van der Waals surface area (Å²) < 4.78 is 7.41. The third-order valence-corrected chi connectivity index (χ3v) is 5.61. The molecule has 0 spiro atoms. The molecule has 1 unspecified atom stereocenters. The molecule has 2 aliphatic heterocycles. The quantitative estimate of drug-likeness (QED) is 0.511. The van der Waals surface area contributed by atoms with E-state index in [1.165, 1.54) is 0 Å². The Bertz CT molecular complexity index is 959. The number of aldehydes is 1. The molecule has 2 aromatic rings. The maximum Gasteiger partial charge on any atom is 0.204 e. The van der Waals surface area contributed by atoms with Crippen LogP contribution in [0.1, 0.15) is 30.1 Å². The van der Waals surface area contributed by atoms with Gasteiger partial charge in [-0.05, 0) is 44.5 Å². The van der Waals surface area contributed by atoms with Crippen LogP contribution >= 0.6 is 0 Å². The average molecular weight is 412 g/mol. The summed E-state index contributed by atoms with van der Waals surface area (Å²) in [6, 6.07) is 5.47. The molecule has 1 atom stereocenters. The molecular weight excluding hydrogens is 382 g/mol. The molecule has 30 heavy (non-hydrogen) atoms. The summed E-state index contributed by atoms with van der Waals surface area (Å²) >= 11 is 0. The summed E-state index contributed by atoms with van der Waals surface area (Å²) in [5.74, 6) is 0.733. The molecule has 0 radical (unpaired) electrons. The molecule has 1 aromatic heterocycles. The van der Waals surface area contributed by atoms with Crippen molar-refractivity contribution in [3.8, 4) is 0 Å². The second-order valence-electron chi connectivity index (χ2n) is 7.82. The number of morpholine rings is 1. The molecule has 0 amide bonds. The lowest BCUT2D eigenvalue weighted by Crippen LogP contribution is -2.37. The lowest BCUT2D eigenvalue weighted by molar-refractivity contribution is 0.0378. The summed E-state index contributed by atoms with van der Waals surface area (Å²) in [7, 11) is 0. The fourth-order valence-corrected chi connectivity index (χ4v) is 3.90. The minimum absolute atomic E-state index is 0.428. The number of carbonyl (C=O) groups is 1. The number of aromatic nitrogens is 2. The number of aliphatic hydroxyl groups is 1. The Balaban J connectivity index is 1.53. The fourth-order valence-electron chi connectivity index (χ4n) is 3.90. The number of aliphatic hydroxyl groups excluding tert-OH is 1. The van der Waals surface area contributed by atoms with Gasteiger partial charge in [0.05, 0.1) is 42.6 Å². The Hall–Kier alpha value is -2.55. The van der Waals surface area contributed by atoms with Crippen molar-refractivity contribution in [2.24, 2.45) is 4.99 Å². The van der Waals surface area contributed by atoms with Crippen LogP contribution in [-0.2, 0) is 11.3 Å². The number of nitrogens with one attached hydrogen (secondary N) is 1. The van der Waals surface area contributed by atoms with Gasteiger partial charge in [0.15, 0.2) is 0 Å². The number of anilines is 1. The second-order valence-corrected chi connectivity index (χ2v) is 7.82. The van der Waals surface area contributed by atoms with E-state index >= 15 is 0 Å². The summed E-state index contributed by atoms with van der Waals surface area (Å²) in [4.78, 5) is 23.0. The number of ether oxygens (including phenoxy) is 1. The van der Waals surface area contributed by atoms with Gasteiger partial charge in [-0.15, -0.1) is 0 Å². The van der Waals surface area contributed by atoms with Gasteiger partial charge in [0.1, 0.15) is 6.29 Å². The molecule has 2 aliphatic rings. The molecule has 8 nitrogen and oxygen atoms in total. The van der Waals surface area contributed by atoms with E-state index in [4.69, 9.17) is 9.72 Å². The van der Waals surface area contributed by atoms with E-state index in [-0.39, 0.29) is 0 Å². The number of imidazole rings is 1. The van der Waals surface area contributed by atoms with E-state index < -0.39 is 6.10 Å². The molecule has 0 saturated carbocycles. The maximum atomic E-state index is 11.3. The predicted molar refractivity (Wildman–Crippen MR) is 117 cm³/mol. The Morgan fingerprint density at radius 1 is 1.33 bits per heavy atom. The number of hydrogen-bond donors (Lipinski definition) is 2. The van der Waals surface area contributed by atoms with Crippen LogP contribution in [0.3, 0.4) is 0 Å². The van der Waals surface area contributed by atoms with E-state index in [1.807, 2.05) is 29.7 Å². The number of fused-ring (bicyclic) bond motifs is 1. The highest BCUT2D eigenvalue weighted by Gasteiger charge is 2.20. The first-order valence-electron chi connectivity index (χ1n) is 10.6. The molecule has 1 fully saturated rings. The normalized spacial score (nSPS) is 20.1. The van der Waals surface area contributed by atoms with Crippen LogP contribution in [0.5, 0.6) is 0 Å². The monoisotopic (exact) mass is 411 g/mol. The summed E-state index contributed by atoms with van der Waals surface area (Å²) in [5, 5.41) is 13.9. The summed E-state index contributed by atoms with van der Waals surface area (Å²) in [6.45, 7) is 7.75. The lowest BCUT2D eigenvalue weighted by Gasteiger charge is -2.26. The van der Waals surface area contributed by atoms with E-state index in [0.29, 0.717) is 24.2 Å². The molecule has 2 N–H and O–H groups in total. The number of hydrogen-bond acceptors (Lipinski definition) is 7. The van der Waals surface area contributed by atoms with Crippen LogP contribution in [0, 0.1) is 0 Å². The van der Waals surface area contributed by atoms with Crippen molar-refractivity contribution in [1.82, 2.24) is 14.5 Å². The third kappa shape index (κ3) is 4.77. The van der Waals surface area contributed by atoms with Crippen LogP contribution in [0.25, 0.3) is 11.0 Å². The summed E-state index contributed by atoms with van der Waals surface area (Å²) in [5.41, 5.74) is 3.90. The van der Waals surface area contributed by atoms with E-state index in [2.05, 4.69) is 15.2 Å². The number of rotatable bonds is 8. The Morgan fingerprint density at radius 3 is 2.97 bits per heavy atom. The third-order valence-electron chi connectivity index (χ3n) is 5.61. The standard InChI is InChI=1S/C22H29N5O3/c1-16-3-6-21(29)19(24-16)14-27-20-13-17(15-28)4-5-18(20)25-22(27)23-7-2-8-26-9-11-30-12-10-26/h3-5,13,15,21,29H,2,6-12,14H2,1H3,(H,23,25). The zero-order valence-electron chi connectivity index (χ0n) is 17.4. The van der Waals surface area contributed by atoms with Crippen LogP contribution < -0.4 is 5.32 Å². The van der Waals surface area contributed by atoms with Gasteiger partial charge in [0.2, 0.25) is 5.95 Å². The van der Waals surface area contributed by atoms with Crippen molar-refractivity contribution in [1.29, 1.82) is 0 Å². The first-order valence-corrected chi connectivity index (χ1v) is 10.6. The Morgan fingerprint density at radius 2 is 2.17 bits per heavy atom. The molecule has 1 aromatic carbocycles. The number of benzene rings is 1. The van der Waals surface area contributed by atoms with E-state index in [9.17, 15) is 9.90 Å². The SMILES string of the molecule is CC1=CCC(O)C(Cn2c(NCCCN3CCOCC3)nc3ccc(C=O)cc32)=N1. The van der Waals surface area contributed by atoms with E-state index in [1.54, 1.807) is 6.07 Å². The van der Waals surface area contributed by atoms with Gasteiger partial charge in [-0.1, -0.05) is 6.08 Å². The van der Waals surface area contributed by atoms with Crippen molar-refractivity contribution < 1.29 is 14.6 Å². The van der Waals surface area contributed by atoms with Gasteiger partial charge in [0, 0.05) is 30.9 Å². The van der Waals surface area contributed by atoms with Gasteiger partial charge in [-0.3, -0.25) is 14.7 Å².